The zero-order chi connectivity index (χ0) is 18.4. The molecular formula is C21H25N3O. The lowest BCUT2D eigenvalue weighted by Gasteiger charge is -2.07. The summed E-state index contributed by atoms with van der Waals surface area (Å²) in [5.41, 5.74) is 5.09. The Kier molecular flexibility index (Phi) is 6.19. The van der Waals surface area contributed by atoms with Gasteiger partial charge in [-0.1, -0.05) is 26.0 Å². The number of nitrogens with zero attached hydrogens (tertiary/aromatic N) is 2. The van der Waals surface area contributed by atoms with E-state index in [-0.39, 0.29) is 11.5 Å². The number of benzene rings is 1. The van der Waals surface area contributed by atoms with Gasteiger partial charge in [-0.2, -0.15) is 5.26 Å². The SMILES string of the molecule is CCCn1c(C)cc(/C=C(\C#N)C(=O)Nc2cccc(CC)c2)c1C. The van der Waals surface area contributed by atoms with Crippen LogP contribution < -0.4 is 5.32 Å². The molecule has 1 amide bonds. The molecule has 2 rings (SSSR count). The Morgan fingerprint density at radius 1 is 1.28 bits per heavy atom. The Morgan fingerprint density at radius 2 is 2.04 bits per heavy atom. The van der Waals surface area contributed by atoms with Crippen LogP contribution in [0.15, 0.2) is 35.9 Å². The number of hydrogen-bond acceptors (Lipinski definition) is 2. The molecule has 0 saturated heterocycles. The number of aryl methyl sites for hydroxylation is 2. The Hall–Kier alpha value is -2.80. The lowest BCUT2D eigenvalue weighted by Crippen LogP contribution is -2.13. The van der Waals surface area contributed by atoms with Gasteiger partial charge in [0.05, 0.1) is 0 Å². The van der Waals surface area contributed by atoms with Gasteiger partial charge in [-0.15, -0.1) is 0 Å². The lowest BCUT2D eigenvalue weighted by atomic mass is 10.1. The molecule has 0 aliphatic heterocycles. The van der Waals surface area contributed by atoms with Crippen LogP contribution in [0.4, 0.5) is 5.69 Å². The second kappa shape index (κ2) is 8.34. The fourth-order valence-electron chi connectivity index (χ4n) is 2.91. The number of carbonyl (C=O) groups excluding carboxylic acids is 1. The molecule has 1 aromatic carbocycles. The first-order valence-electron chi connectivity index (χ1n) is 8.69. The molecule has 0 fully saturated rings. The summed E-state index contributed by atoms with van der Waals surface area (Å²) in [4.78, 5) is 12.5. The zero-order valence-corrected chi connectivity index (χ0v) is 15.4. The molecule has 0 spiro atoms. The maximum atomic E-state index is 12.5. The molecule has 1 aromatic heterocycles. The first-order valence-corrected chi connectivity index (χ1v) is 8.69. The molecule has 25 heavy (non-hydrogen) atoms. The van der Waals surface area contributed by atoms with E-state index < -0.39 is 0 Å². The minimum absolute atomic E-state index is 0.110. The minimum Gasteiger partial charge on any atom is -0.349 e. The minimum atomic E-state index is -0.379. The van der Waals surface area contributed by atoms with Crippen LogP contribution >= 0.6 is 0 Å². The molecule has 4 heteroatoms. The average Bonchev–Trinajstić information content (AvgIpc) is 2.87. The van der Waals surface area contributed by atoms with Crippen LogP contribution in [0.5, 0.6) is 0 Å². The van der Waals surface area contributed by atoms with E-state index in [1.807, 2.05) is 50.2 Å². The van der Waals surface area contributed by atoms with Crippen LogP contribution in [0.25, 0.3) is 6.08 Å². The van der Waals surface area contributed by atoms with E-state index in [4.69, 9.17) is 0 Å². The number of nitriles is 1. The first-order chi connectivity index (χ1) is 12.0. The topological polar surface area (TPSA) is 57.8 Å². The summed E-state index contributed by atoms with van der Waals surface area (Å²) in [7, 11) is 0. The van der Waals surface area contributed by atoms with Crippen molar-refractivity contribution in [2.45, 2.75) is 47.1 Å². The first kappa shape index (κ1) is 18.5. The van der Waals surface area contributed by atoms with E-state index in [1.54, 1.807) is 6.08 Å². The molecule has 2 aromatic rings. The average molecular weight is 335 g/mol. The molecule has 1 N–H and O–H groups in total. The Morgan fingerprint density at radius 3 is 2.68 bits per heavy atom. The number of amides is 1. The number of nitrogens with one attached hydrogen (secondary N) is 1. The van der Waals surface area contributed by atoms with Crippen LogP contribution in [0, 0.1) is 25.2 Å². The fourth-order valence-corrected chi connectivity index (χ4v) is 2.91. The molecular weight excluding hydrogens is 310 g/mol. The molecule has 0 bridgehead atoms. The number of hydrogen-bond donors (Lipinski definition) is 1. The molecule has 0 aliphatic carbocycles. The normalized spacial score (nSPS) is 11.2. The molecule has 0 aliphatic rings. The molecule has 0 radical (unpaired) electrons. The van der Waals surface area contributed by atoms with E-state index >= 15 is 0 Å². The van der Waals surface area contributed by atoms with Gasteiger partial charge in [0.15, 0.2) is 0 Å². The maximum Gasteiger partial charge on any atom is 0.266 e. The third-order valence-electron chi connectivity index (χ3n) is 4.32. The number of rotatable bonds is 6. The number of carbonyl (C=O) groups is 1. The van der Waals surface area contributed by atoms with E-state index in [0.717, 1.165) is 41.9 Å². The standard InChI is InChI=1S/C21H25N3O/c1-5-10-24-15(3)11-18(16(24)4)13-19(14-22)21(25)23-20-9-7-8-17(6-2)12-20/h7-9,11-13H,5-6,10H2,1-4H3,(H,23,25)/b19-13+. The van der Waals surface area contributed by atoms with Crippen molar-refractivity contribution in [2.24, 2.45) is 0 Å². The fraction of sp³-hybridized carbons (Fsp3) is 0.333. The van der Waals surface area contributed by atoms with Crippen molar-refractivity contribution >= 4 is 17.7 Å². The maximum absolute atomic E-state index is 12.5. The molecule has 0 unspecified atom stereocenters. The summed E-state index contributed by atoms with van der Waals surface area (Å²) < 4.78 is 2.21. The van der Waals surface area contributed by atoms with E-state index in [0.29, 0.717) is 5.69 Å². The highest BCUT2D eigenvalue weighted by Crippen LogP contribution is 2.19. The molecule has 0 saturated carbocycles. The van der Waals surface area contributed by atoms with Crippen molar-refractivity contribution in [3.63, 3.8) is 0 Å². The van der Waals surface area contributed by atoms with Crippen molar-refractivity contribution in [3.8, 4) is 6.07 Å². The third-order valence-corrected chi connectivity index (χ3v) is 4.32. The van der Waals surface area contributed by atoms with Crippen molar-refractivity contribution < 1.29 is 4.79 Å². The predicted molar refractivity (Wildman–Crippen MR) is 102 cm³/mol. The van der Waals surface area contributed by atoms with Gasteiger partial charge < -0.3 is 9.88 Å². The molecule has 1 heterocycles. The van der Waals surface area contributed by atoms with Gasteiger partial charge in [0.25, 0.3) is 5.91 Å². The largest absolute Gasteiger partial charge is 0.349 e. The van der Waals surface area contributed by atoms with E-state index in [2.05, 4.69) is 23.7 Å². The van der Waals surface area contributed by atoms with Gasteiger partial charge in [-0.05, 0) is 62.1 Å². The zero-order valence-electron chi connectivity index (χ0n) is 15.4. The van der Waals surface area contributed by atoms with Crippen molar-refractivity contribution in [1.29, 1.82) is 5.26 Å². The summed E-state index contributed by atoms with van der Waals surface area (Å²) in [5, 5.41) is 12.2. The highest BCUT2D eigenvalue weighted by molar-refractivity contribution is 6.09. The highest BCUT2D eigenvalue weighted by atomic mass is 16.1. The highest BCUT2D eigenvalue weighted by Gasteiger charge is 2.13. The summed E-state index contributed by atoms with van der Waals surface area (Å²) in [6.45, 7) is 9.19. The lowest BCUT2D eigenvalue weighted by molar-refractivity contribution is -0.112. The van der Waals surface area contributed by atoms with Gasteiger partial charge in [-0.25, -0.2) is 0 Å². The second-order valence-electron chi connectivity index (χ2n) is 6.16. The Bertz CT molecular complexity index is 837. The van der Waals surface area contributed by atoms with Crippen molar-refractivity contribution in [1.82, 2.24) is 4.57 Å². The van der Waals surface area contributed by atoms with Crippen LogP contribution in [0.2, 0.25) is 0 Å². The third kappa shape index (κ3) is 4.39. The van der Waals surface area contributed by atoms with Crippen LogP contribution in [0.3, 0.4) is 0 Å². The second-order valence-corrected chi connectivity index (χ2v) is 6.16. The van der Waals surface area contributed by atoms with E-state index in [9.17, 15) is 10.1 Å². The van der Waals surface area contributed by atoms with Crippen LogP contribution in [-0.2, 0) is 17.8 Å². The number of anilines is 1. The van der Waals surface area contributed by atoms with Crippen molar-refractivity contribution in [3.05, 3.63) is 58.4 Å². The smallest absolute Gasteiger partial charge is 0.266 e. The van der Waals surface area contributed by atoms with Crippen LogP contribution in [0.1, 0.15) is 42.8 Å². The van der Waals surface area contributed by atoms with E-state index in [1.165, 1.54) is 0 Å². The summed E-state index contributed by atoms with van der Waals surface area (Å²) in [6.07, 6.45) is 3.61. The van der Waals surface area contributed by atoms with Gasteiger partial charge >= 0.3 is 0 Å². The Labute approximate surface area is 149 Å². The van der Waals surface area contributed by atoms with Gasteiger partial charge in [0.1, 0.15) is 11.6 Å². The summed E-state index contributed by atoms with van der Waals surface area (Å²) >= 11 is 0. The van der Waals surface area contributed by atoms with Crippen LogP contribution in [-0.4, -0.2) is 10.5 Å². The van der Waals surface area contributed by atoms with Crippen molar-refractivity contribution in [2.75, 3.05) is 5.32 Å². The number of aromatic nitrogens is 1. The van der Waals surface area contributed by atoms with Gasteiger partial charge in [-0.3, -0.25) is 4.79 Å². The monoisotopic (exact) mass is 335 g/mol. The quantitative estimate of drug-likeness (QED) is 0.618. The van der Waals surface area contributed by atoms with Gasteiger partial charge in [0, 0.05) is 23.6 Å². The Balaban J connectivity index is 2.26. The molecule has 130 valence electrons. The van der Waals surface area contributed by atoms with Gasteiger partial charge in [0.2, 0.25) is 0 Å². The molecule has 0 atom stereocenters. The predicted octanol–water partition coefficient (Wildman–Crippen LogP) is 4.62. The summed E-state index contributed by atoms with van der Waals surface area (Å²) in [5.74, 6) is -0.379. The molecule has 4 nitrogen and oxygen atoms in total. The summed E-state index contributed by atoms with van der Waals surface area (Å²) in [6, 6.07) is 11.7.